The number of nitrogens with zero attached hydrogens (tertiary/aromatic N) is 1. The number of hydrogen-bond donors (Lipinski definition) is 1. The van der Waals surface area contributed by atoms with Crippen molar-refractivity contribution in [1.29, 1.82) is 0 Å². The number of H-pyrrole nitrogens is 1. The van der Waals surface area contributed by atoms with Gasteiger partial charge in [-0.2, -0.15) is 0 Å². The maximum Gasteiger partial charge on any atom is 0.223 e. The van der Waals surface area contributed by atoms with Gasteiger partial charge in [0.2, 0.25) is 5.91 Å². The summed E-state index contributed by atoms with van der Waals surface area (Å²) in [5.41, 5.74) is 2.88. The molecule has 0 spiro atoms. The van der Waals surface area contributed by atoms with Gasteiger partial charge in [-0.05, 0) is 49.9 Å². The maximum atomic E-state index is 13.6. The van der Waals surface area contributed by atoms with Crippen molar-refractivity contribution in [2.24, 2.45) is 0 Å². The molecule has 0 bridgehead atoms. The number of benzene rings is 1. The first kappa shape index (κ1) is 15.7. The first-order valence-electron chi connectivity index (χ1n) is 7.12. The van der Waals surface area contributed by atoms with Gasteiger partial charge in [-0.3, -0.25) is 4.79 Å². The number of carbonyl (C=O) groups is 1. The monoisotopic (exact) mass is 428 g/mol. The van der Waals surface area contributed by atoms with Gasteiger partial charge >= 0.3 is 0 Å². The average molecular weight is 430 g/mol. The molecule has 1 aromatic carbocycles. The standard InChI is InChI=1S/C16H15Br2FN2O/c17-15-11-9-21(8-7-13(11)20-16(15)18)14(22)6-5-10-3-1-2-4-12(10)19/h1-4,20H,5-9H2. The SMILES string of the molecule is O=C(CCc1ccccc1F)N1CCc2[nH]c(Br)c(Br)c2C1. The summed E-state index contributed by atoms with van der Waals surface area (Å²) in [6, 6.07) is 6.62. The van der Waals surface area contributed by atoms with E-state index >= 15 is 0 Å². The fourth-order valence-electron chi connectivity index (χ4n) is 2.74. The highest BCUT2D eigenvalue weighted by atomic mass is 79.9. The first-order chi connectivity index (χ1) is 10.6. The number of nitrogens with one attached hydrogen (secondary N) is 1. The second-order valence-corrected chi connectivity index (χ2v) is 6.95. The molecule has 3 nitrogen and oxygen atoms in total. The van der Waals surface area contributed by atoms with Crippen LogP contribution < -0.4 is 0 Å². The second kappa shape index (κ2) is 6.54. The van der Waals surface area contributed by atoms with Gasteiger partial charge in [0.1, 0.15) is 5.82 Å². The molecule has 0 aliphatic carbocycles. The van der Waals surface area contributed by atoms with Crippen LogP contribution in [0.2, 0.25) is 0 Å². The number of amides is 1. The van der Waals surface area contributed by atoms with E-state index in [-0.39, 0.29) is 11.7 Å². The highest BCUT2D eigenvalue weighted by molar-refractivity contribution is 9.13. The van der Waals surface area contributed by atoms with Crippen LogP contribution in [0.1, 0.15) is 23.2 Å². The smallest absolute Gasteiger partial charge is 0.223 e. The minimum absolute atomic E-state index is 0.0677. The summed E-state index contributed by atoms with van der Waals surface area (Å²) in [6.45, 7) is 1.29. The molecular weight excluding hydrogens is 415 g/mol. The molecule has 116 valence electrons. The summed E-state index contributed by atoms with van der Waals surface area (Å²) in [7, 11) is 0. The van der Waals surface area contributed by atoms with Crippen LogP contribution in [0.25, 0.3) is 0 Å². The Kier molecular flexibility index (Phi) is 4.68. The molecule has 1 aromatic heterocycles. The lowest BCUT2D eigenvalue weighted by molar-refractivity contribution is -0.132. The molecule has 0 radical (unpaired) electrons. The number of rotatable bonds is 3. The molecule has 2 heterocycles. The topological polar surface area (TPSA) is 36.1 Å². The molecule has 0 atom stereocenters. The lowest BCUT2D eigenvalue weighted by atomic mass is 10.1. The van der Waals surface area contributed by atoms with Gasteiger partial charge in [-0.15, -0.1) is 0 Å². The van der Waals surface area contributed by atoms with E-state index in [1.165, 1.54) is 6.07 Å². The van der Waals surface area contributed by atoms with E-state index in [1.807, 2.05) is 4.90 Å². The predicted octanol–water partition coefficient (Wildman–Crippen LogP) is 4.20. The Morgan fingerprint density at radius 2 is 2.09 bits per heavy atom. The van der Waals surface area contributed by atoms with Crippen LogP contribution >= 0.6 is 31.9 Å². The molecule has 0 saturated carbocycles. The highest BCUT2D eigenvalue weighted by Gasteiger charge is 2.25. The van der Waals surface area contributed by atoms with Crippen LogP contribution in [0, 0.1) is 5.82 Å². The summed E-state index contributed by atoms with van der Waals surface area (Å²) >= 11 is 6.99. The van der Waals surface area contributed by atoms with Crippen LogP contribution in [0.15, 0.2) is 33.3 Å². The number of aromatic amines is 1. The van der Waals surface area contributed by atoms with Crippen molar-refractivity contribution < 1.29 is 9.18 Å². The quantitative estimate of drug-likeness (QED) is 0.779. The summed E-state index contributed by atoms with van der Waals surface area (Å²) in [5.74, 6) is -0.174. The van der Waals surface area contributed by atoms with E-state index in [9.17, 15) is 9.18 Å². The predicted molar refractivity (Wildman–Crippen MR) is 90.0 cm³/mol. The normalized spacial score (nSPS) is 14.0. The van der Waals surface area contributed by atoms with Gasteiger partial charge in [0.05, 0.1) is 9.08 Å². The van der Waals surface area contributed by atoms with Gasteiger partial charge in [-0.1, -0.05) is 18.2 Å². The van der Waals surface area contributed by atoms with Crippen molar-refractivity contribution in [3.8, 4) is 0 Å². The van der Waals surface area contributed by atoms with Gasteiger partial charge < -0.3 is 9.88 Å². The van der Waals surface area contributed by atoms with Crippen molar-refractivity contribution in [2.45, 2.75) is 25.8 Å². The zero-order valence-electron chi connectivity index (χ0n) is 11.8. The summed E-state index contributed by atoms with van der Waals surface area (Å²) in [4.78, 5) is 17.5. The Balaban J connectivity index is 1.64. The summed E-state index contributed by atoms with van der Waals surface area (Å²) < 4.78 is 15.5. The van der Waals surface area contributed by atoms with Crippen LogP contribution in [0.5, 0.6) is 0 Å². The lowest BCUT2D eigenvalue weighted by Crippen LogP contribution is -2.36. The number of aromatic nitrogens is 1. The van der Waals surface area contributed by atoms with Crippen LogP contribution in [0.3, 0.4) is 0 Å². The van der Waals surface area contributed by atoms with Gasteiger partial charge in [-0.25, -0.2) is 4.39 Å². The number of fused-ring (bicyclic) bond motifs is 1. The van der Waals surface area contributed by atoms with Crippen molar-refractivity contribution in [1.82, 2.24) is 9.88 Å². The van der Waals surface area contributed by atoms with Crippen LogP contribution in [0.4, 0.5) is 4.39 Å². The zero-order valence-corrected chi connectivity index (χ0v) is 15.0. The summed E-state index contributed by atoms with van der Waals surface area (Å²) in [5, 5.41) is 0. The first-order valence-corrected chi connectivity index (χ1v) is 8.70. The van der Waals surface area contributed by atoms with E-state index in [2.05, 4.69) is 36.8 Å². The molecule has 2 aromatic rings. The van der Waals surface area contributed by atoms with E-state index in [0.717, 1.165) is 26.8 Å². The minimum atomic E-state index is -0.242. The molecule has 1 amide bonds. The third-order valence-electron chi connectivity index (χ3n) is 3.98. The number of halogens is 3. The second-order valence-electron chi connectivity index (χ2n) is 5.37. The van der Waals surface area contributed by atoms with E-state index < -0.39 is 0 Å². The Morgan fingerprint density at radius 3 is 2.86 bits per heavy atom. The highest BCUT2D eigenvalue weighted by Crippen LogP contribution is 2.33. The third kappa shape index (κ3) is 3.13. The Labute approximate surface area is 145 Å². The van der Waals surface area contributed by atoms with E-state index in [1.54, 1.807) is 18.2 Å². The van der Waals surface area contributed by atoms with E-state index in [4.69, 9.17) is 0 Å². The molecule has 1 N–H and O–H groups in total. The van der Waals surface area contributed by atoms with Crippen molar-refractivity contribution >= 4 is 37.8 Å². The van der Waals surface area contributed by atoms with Crippen molar-refractivity contribution in [2.75, 3.05) is 6.54 Å². The lowest BCUT2D eigenvalue weighted by Gasteiger charge is -2.27. The number of aryl methyl sites for hydroxylation is 1. The summed E-state index contributed by atoms with van der Waals surface area (Å²) in [6.07, 6.45) is 1.58. The molecule has 1 aliphatic rings. The maximum absolute atomic E-state index is 13.6. The number of hydrogen-bond acceptors (Lipinski definition) is 1. The molecule has 6 heteroatoms. The van der Waals surface area contributed by atoms with E-state index in [0.29, 0.717) is 31.5 Å². The molecule has 1 aliphatic heterocycles. The average Bonchev–Trinajstić information content (AvgIpc) is 2.81. The fraction of sp³-hybridized carbons (Fsp3) is 0.312. The van der Waals surface area contributed by atoms with Gasteiger partial charge in [0, 0.05) is 37.2 Å². The Bertz CT molecular complexity index is 714. The Morgan fingerprint density at radius 1 is 1.32 bits per heavy atom. The molecule has 0 saturated heterocycles. The molecule has 22 heavy (non-hydrogen) atoms. The van der Waals surface area contributed by atoms with Crippen LogP contribution in [-0.4, -0.2) is 22.3 Å². The third-order valence-corrected chi connectivity index (χ3v) is 5.98. The zero-order chi connectivity index (χ0) is 15.7. The Hall–Kier alpha value is -1.14. The van der Waals surface area contributed by atoms with Crippen molar-refractivity contribution in [3.05, 3.63) is 56.0 Å². The minimum Gasteiger partial charge on any atom is -0.352 e. The van der Waals surface area contributed by atoms with Gasteiger partial charge in [0.25, 0.3) is 0 Å². The molecule has 0 fully saturated rings. The molecule has 0 unspecified atom stereocenters. The fourth-order valence-corrected chi connectivity index (χ4v) is 3.68. The molecule has 3 rings (SSSR count). The number of carbonyl (C=O) groups excluding carboxylic acids is 1. The van der Waals surface area contributed by atoms with Crippen LogP contribution in [-0.2, 0) is 24.2 Å². The van der Waals surface area contributed by atoms with Crippen molar-refractivity contribution in [3.63, 3.8) is 0 Å². The van der Waals surface area contributed by atoms with Gasteiger partial charge in [0.15, 0.2) is 0 Å². The largest absolute Gasteiger partial charge is 0.352 e. The molecular formula is C16H15Br2FN2O.